The predicted molar refractivity (Wildman–Crippen MR) is 84.2 cm³/mol. The number of nitrogens with zero attached hydrogens (tertiary/aromatic N) is 2. The van der Waals surface area contributed by atoms with Gasteiger partial charge in [-0.25, -0.2) is 0 Å². The minimum atomic E-state index is -0.853. The first-order chi connectivity index (χ1) is 10.0. The van der Waals surface area contributed by atoms with Crippen LogP contribution in [0.1, 0.15) is 17.4 Å². The molecule has 0 aliphatic carbocycles. The molecule has 7 heteroatoms. The summed E-state index contributed by atoms with van der Waals surface area (Å²) in [6.45, 7) is 0.983. The number of benzene rings is 1. The number of rotatable bonds is 6. The number of halogens is 3. The highest BCUT2D eigenvalue weighted by Gasteiger charge is 2.20. The molecule has 4 nitrogen and oxygen atoms in total. The third-order valence-electron chi connectivity index (χ3n) is 3.12. The topological polar surface area (TPSA) is 47.3 Å². The molecule has 0 amide bonds. The van der Waals surface area contributed by atoms with E-state index >= 15 is 0 Å². The summed E-state index contributed by atoms with van der Waals surface area (Å²) in [5, 5.41) is 16.0. The second-order valence-corrected chi connectivity index (χ2v) is 5.74. The Kier molecular flexibility index (Phi) is 5.90. The van der Waals surface area contributed by atoms with Crippen LogP contribution >= 0.6 is 34.8 Å². The smallest absolute Gasteiger partial charge is 0.101 e. The molecule has 1 aromatic carbocycles. The van der Waals surface area contributed by atoms with E-state index in [2.05, 4.69) is 5.10 Å². The van der Waals surface area contributed by atoms with Gasteiger partial charge in [0, 0.05) is 23.6 Å². The maximum atomic E-state index is 10.5. The van der Waals surface area contributed by atoms with Crippen molar-refractivity contribution in [2.45, 2.75) is 19.1 Å². The Morgan fingerprint density at radius 1 is 1.24 bits per heavy atom. The van der Waals surface area contributed by atoms with Crippen molar-refractivity contribution in [2.24, 2.45) is 0 Å². The second kappa shape index (κ2) is 7.47. The van der Waals surface area contributed by atoms with Crippen LogP contribution in [0.5, 0.6) is 0 Å². The van der Waals surface area contributed by atoms with Crippen LogP contribution in [0.2, 0.25) is 15.1 Å². The van der Waals surface area contributed by atoms with Crippen molar-refractivity contribution in [3.63, 3.8) is 0 Å². The Labute approximate surface area is 138 Å². The fraction of sp³-hybridized carbons (Fsp3) is 0.357. The minimum absolute atomic E-state index is 0.261. The van der Waals surface area contributed by atoms with Gasteiger partial charge in [0.25, 0.3) is 0 Å². The van der Waals surface area contributed by atoms with Crippen molar-refractivity contribution in [1.29, 1.82) is 0 Å². The highest BCUT2D eigenvalue weighted by Crippen LogP contribution is 2.31. The molecule has 0 aliphatic rings. The highest BCUT2D eigenvalue weighted by molar-refractivity contribution is 6.36. The van der Waals surface area contributed by atoms with Crippen LogP contribution in [0.3, 0.4) is 0 Å². The van der Waals surface area contributed by atoms with E-state index in [1.165, 1.54) is 6.20 Å². The van der Waals surface area contributed by atoms with Crippen LogP contribution in [0.25, 0.3) is 0 Å². The van der Waals surface area contributed by atoms with Crippen LogP contribution in [0, 0.1) is 0 Å². The lowest BCUT2D eigenvalue weighted by molar-refractivity contribution is 0.153. The fourth-order valence-electron chi connectivity index (χ4n) is 2.08. The maximum Gasteiger partial charge on any atom is 0.101 e. The normalized spacial score (nSPS) is 12.6. The number of hydrogen-bond acceptors (Lipinski definition) is 3. The molecule has 0 saturated carbocycles. The zero-order chi connectivity index (χ0) is 15.4. The van der Waals surface area contributed by atoms with Crippen LogP contribution in [0.4, 0.5) is 0 Å². The van der Waals surface area contributed by atoms with Crippen molar-refractivity contribution in [3.05, 3.63) is 50.7 Å². The van der Waals surface area contributed by atoms with Gasteiger partial charge < -0.3 is 9.84 Å². The summed E-state index contributed by atoms with van der Waals surface area (Å²) in [5.41, 5.74) is 1.22. The molecule has 1 atom stereocenters. The molecule has 114 valence electrons. The van der Waals surface area contributed by atoms with Gasteiger partial charge in [0.05, 0.1) is 30.1 Å². The van der Waals surface area contributed by atoms with E-state index in [0.717, 1.165) is 0 Å². The third-order valence-corrected chi connectivity index (χ3v) is 4.11. The first kappa shape index (κ1) is 16.6. The summed E-state index contributed by atoms with van der Waals surface area (Å²) in [6, 6.07) is 5.23. The second-order valence-electron chi connectivity index (χ2n) is 4.51. The number of methoxy groups -OCH3 is 1. The Hall–Kier alpha value is -0.780. The maximum absolute atomic E-state index is 10.5. The molecule has 1 heterocycles. The molecule has 0 spiro atoms. The Morgan fingerprint density at radius 2 is 1.90 bits per heavy atom. The monoisotopic (exact) mass is 348 g/mol. The number of ether oxygens (including phenoxy) is 1. The molecule has 0 bridgehead atoms. The zero-order valence-electron chi connectivity index (χ0n) is 11.4. The molecule has 0 saturated heterocycles. The molecular formula is C14H15Cl3N2O2. The Morgan fingerprint density at radius 3 is 2.52 bits per heavy atom. The van der Waals surface area contributed by atoms with Gasteiger partial charge in [0.15, 0.2) is 0 Å². The van der Waals surface area contributed by atoms with E-state index in [1.54, 1.807) is 30.0 Å². The molecule has 21 heavy (non-hydrogen) atoms. The van der Waals surface area contributed by atoms with E-state index in [0.29, 0.717) is 39.5 Å². The van der Waals surface area contributed by atoms with Gasteiger partial charge in [-0.2, -0.15) is 5.10 Å². The summed E-state index contributed by atoms with van der Waals surface area (Å²) in [6.07, 6.45) is 0.912. The fourth-order valence-corrected chi connectivity index (χ4v) is 2.90. The summed E-state index contributed by atoms with van der Waals surface area (Å²) < 4.78 is 6.64. The summed E-state index contributed by atoms with van der Waals surface area (Å²) >= 11 is 18.4. The number of hydrogen-bond donors (Lipinski definition) is 1. The lowest BCUT2D eigenvalue weighted by Gasteiger charge is -2.15. The average Bonchev–Trinajstić information content (AvgIpc) is 2.81. The molecule has 0 fully saturated rings. The van der Waals surface area contributed by atoms with E-state index in [1.807, 2.05) is 0 Å². The highest BCUT2D eigenvalue weighted by atomic mass is 35.5. The van der Waals surface area contributed by atoms with Crippen molar-refractivity contribution >= 4 is 34.8 Å². The van der Waals surface area contributed by atoms with Gasteiger partial charge in [0.2, 0.25) is 0 Å². The zero-order valence-corrected chi connectivity index (χ0v) is 13.7. The summed E-state index contributed by atoms with van der Waals surface area (Å²) in [5.74, 6) is 0. The van der Waals surface area contributed by atoms with Gasteiger partial charge in [0.1, 0.15) is 6.10 Å². The van der Waals surface area contributed by atoms with Crippen molar-refractivity contribution in [1.82, 2.24) is 9.78 Å². The van der Waals surface area contributed by atoms with E-state index in [4.69, 9.17) is 39.5 Å². The Bertz CT molecular complexity index is 596. The van der Waals surface area contributed by atoms with Crippen molar-refractivity contribution < 1.29 is 9.84 Å². The largest absolute Gasteiger partial charge is 0.386 e. The van der Waals surface area contributed by atoms with Crippen molar-refractivity contribution in [3.8, 4) is 0 Å². The van der Waals surface area contributed by atoms with E-state index in [-0.39, 0.29) is 6.42 Å². The molecule has 1 unspecified atom stereocenters. The first-order valence-corrected chi connectivity index (χ1v) is 7.49. The molecule has 1 aromatic heterocycles. The van der Waals surface area contributed by atoms with E-state index in [9.17, 15) is 5.11 Å². The van der Waals surface area contributed by atoms with E-state index < -0.39 is 6.10 Å². The number of aliphatic hydroxyl groups is 1. The van der Waals surface area contributed by atoms with Crippen LogP contribution in [0.15, 0.2) is 24.4 Å². The molecule has 2 rings (SSSR count). The summed E-state index contributed by atoms with van der Waals surface area (Å²) in [4.78, 5) is 0. The molecular weight excluding hydrogens is 335 g/mol. The summed E-state index contributed by atoms with van der Waals surface area (Å²) in [7, 11) is 1.60. The van der Waals surface area contributed by atoms with Crippen LogP contribution < -0.4 is 0 Å². The van der Waals surface area contributed by atoms with Gasteiger partial charge in [-0.15, -0.1) is 0 Å². The van der Waals surface area contributed by atoms with Crippen LogP contribution in [-0.2, 0) is 17.7 Å². The first-order valence-electron chi connectivity index (χ1n) is 6.35. The number of aromatic nitrogens is 2. The Balaban J connectivity index is 2.24. The quantitative estimate of drug-likeness (QED) is 0.863. The lowest BCUT2D eigenvalue weighted by atomic mass is 10.1. The third kappa shape index (κ3) is 3.90. The van der Waals surface area contributed by atoms with Gasteiger partial charge >= 0.3 is 0 Å². The van der Waals surface area contributed by atoms with Gasteiger partial charge in [-0.05, 0) is 17.7 Å². The van der Waals surface area contributed by atoms with Gasteiger partial charge in [-0.3, -0.25) is 4.68 Å². The number of aliphatic hydroxyl groups excluding tert-OH is 1. The molecule has 1 N–H and O–H groups in total. The lowest BCUT2D eigenvalue weighted by Crippen LogP contribution is -2.14. The predicted octanol–water partition coefficient (Wildman–Crippen LogP) is 3.77. The average molecular weight is 350 g/mol. The minimum Gasteiger partial charge on any atom is -0.386 e. The van der Waals surface area contributed by atoms with Crippen LogP contribution in [-0.4, -0.2) is 28.6 Å². The molecule has 0 aliphatic heterocycles. The van der Waals surface area contributed by atoms with Crippen molar-refractivity contribution in [2.75, 3.05) is 13.7 Å². The molecule has 2 aromatic rings. The van der Waals surface area contributed by atoms with Gasteiger partial charge in [-0.1, -0.05) is 40.9 Å². The standard InChI is InChI=1S/C14H15Cl3N2O2/c1-21-6-5-19-14(12(17)8-18-19)13(20)7-9-10(15)3-2-4-11(9)16/h2-4,8,13,20H,5-7H2,1H3. The SMILES string of the molecule is COCCn1ncc(Cl)c1C(O)Cc1c(Cl)cccc1Cl. The molecule has 0 radical (unpaired) electrons.